The molecule has 2 saturated heterocycles. The molecule has 3 aromatic heterocycles. The molecule has 0 unspecified atom stereocenters. The Hall–Kier alpha value is -3.38. The Kier molecular flexibility index (Phi) is 4.76. The van der Waals surface area contributed by atoms with Gasteiger partial charge in [-0.2, -0.15) is 23.4 Å². The van der Waals surface area contributed by atoms with Crippen molar-refractivity contribution in [2.45, 2.75) is 45.0 Å². The first kappa shape index (κ1) is 21.5. The van der Waals surface area contributed by atoms with Crippen molar-refractivity contribution in [3.8, 4) is 11.3 Å². The zero-order valence-electron chi connectivity index (χ0n) is 18.4. The molecule has 13 heteroatoms. The zero-order chi connectivity index (χ0) is 23.5. The third-order valence-corrected chi connectivity index (χ3v) is 5.59. The van der Waals surface area contributed by atoms with Crippen molar-refractivity contribution in [2.75, 3.05) is 31.1 Å². The van der Waals surface area contributed by atoms with E-state index in [-0.39, 0.29) is 22.9 Å². The van der Waals surface area contributed by atoms with Gasteiger partial charge in [0.2, 0.25) is 0 Å². The summed E-state index contributed by atoms with van der Waals surface area (Å²) in [4.78, 5) is 23.9. The Morgan fingerprint density at radius 2 is 1.88 bits per heavy atom. The van der Waals surface area contributed by atoms with E-state index >= 15 is 0 Å². The maximum Gasteiger partial charge on any atom is 0.435 e. The van der Waals surface area contributed by atoms with Crippen LogP contribution >= 0.6 is 0 Å². The van der Waals surface area contributed by atoms with E-state index in [1.165, 1.54) is 17.3 Å². The fraction of sp³-hybridized carbons (Fsp3) is 0.550. The van der Waals surface area contributed by atoms with Crippen molar-refractivity contribution in [3.63, 3.8) is 0 Å². The topological polar surface area (TPSA) is 93.7 Å². The zero-order valence-corrected chi connectivity index (χ0v) is 18.4. The van der Waals surface area contributed by atoms with Crippen LogP contribution < -0.4 is 4.90 Å². The summed E-state index contributed by atoms with van der Waals surface area (Å²) in [7, 11) is 0. The molecule has 0 atom stereocenters. The monoisotopic (exact) mass is 464 g/mol. The molecule has 0 aliphatic carbocycles. The van der Waals surface area contributed by atoms with Crippen molar-refractivity contribution in [1.29, 1.82) is 0 Å². The summed E-state index contributed by atoms with van der Waals surface area (Å²) in [5, 5.41) is 8.09. The van der Waals surface area contributed by atoms with E-state index in [9.17, 15) is 18.0 Å². The molecule has 3 aromatic rings. The van der Waals surface area contributed by atoms with Gasteiger partial charge in [-0.1, -0.05) is 0 Å². The van der Waals surface area contributed by atoms with Gasteiger partial charge in [0.15, 0.2) is 17.2 Å². The highest BCUT2D eigenvalue weighted by Crippen LogP contribution is 2.39. The van der Waals surface area contributed by atoms with Gasteiger partial charge in [0, 0.05) is 37.9 Å². The second-order valence-electron chi connectivity index (χ2n) is 9.21. The highest BCUT2D eigenvalue weighted by molar-refractivity contribution is 5.73. The first-order valence-electron chi connectivity index (χ1n) is 10.6. The fourth-order valence-electron chi connectivity index (χ4n) is 3.82. The molecule has 1 amide bonds. The van der Waals surface area contributed by atoms with Crippen LogP contribution in [0.3, 0.4) is 0 Å². The first-order chi connectivity index (χ1) is 15.5. The molecule has 176 valence electrons. The van der Waals surface area contributed by atoms with Gasteiger partial charge in [-0.3, -0.25) is 4.68 Å². The average molecular weight is 464 g/mol. The van der Waals surface area contributed by atoms with Crippen molar-refractivity contribution >= 4 is 17.6 Å². The van der Waals surface area contributed by atoms with E-state index in [0.717, 1.165) is 17.3 Å². The third kappa shape index (κ3) is 3.85. The lowest BCUT2D eigenvalue weighted by Crippen LogP contribution is -2.52. The quantitative estimate of drug-likeness (QED) is 0.588. The third-order valence-electron chi connectivity index (χ3n) is 5.59. The molecular formula is C20H23F3N8O2. The van der Waals surface area contributed by atoms with Gasteiger partial charge in [0.25, 0.3) is 0 Å². The van der Waals surface area contributed by atoms with Crippen LogP contribution in [0.5, 0.6) is 0 Å². The van der Waals surface area contributed by atoms with Gasteiger partial charge in [0.05, 0.1) is 12.2 Å². The summed E-state index contributed by atoms with van der Waals surface area (Å²) in [6.45, 7) is 7.46. The Morgan fingerprint density at radius 1 is 1.15 bits per heavy atom. The molecule has 0 aromatic carbocycles. The van der Waals surface area contributed by atoms with E-state index < -0.39 is 23.6 Å². The molecule has 2 aliphatic heterocycles. The number of aromatic nitrogens is 6. The van der Waals surface area contributed by atoms with Gasteiger partial charge in [0.1, 0.15) is 17.6 Å². The van der Waals surface area contributed by atoms with Gasteiger partial charge in [-0.15, -0.1) is 0 Å². The van der Waals surface area contributed by atoms with E-state index in [2.05, 4.69) is 20.2 Å². The molecule has 33 heavy (non-hydrogen) atoms. The smallest absolute Gasteiger partial charge is 0.435 e. The molecule has 0 saturated carbocycles. The number of rotatable bonds is 3. The Labute approximate surface area is 187 Å². The molecule has 0 radical (unpaired) electrons. The summed E-state index contributed by atoms with van der Waals surface area (Å²) in [5.74, 6) is 0.370. The Bertz CT molecular complexity index is 1200. The minimum absolute atomic E-state index is 0.0742. The molecule has 5 heterocycles. The van der Waals surface area contributed by atoms with Crippen LogP contribution in [0.15, 0.2) is 18.7 Å². The van der Waals surface area contributed by atoms with E-state index in [4.69, 9.17) is 4.74 Å². The van der Waals surface area contributed by atoms with E-state index in [1.54, 1.807) is 25.5 Å². The van der Waals surface area contributed by atoms with Crippen LogP contribution in [0.2, 0.25) is 0 Å². The number of carbonyl (C=O) groups is 1. The maximum absolute atomic E-state index is 14.1. The number of anilines is 1. The van der Waals surface area contributed by atoms with Gasteiger partial charge in [-0.25, -0.2) is 19.3 Å². The standard InChI is InChI=1S/C20H23F3N8O2/c1-19(2,3)33-18(32)29-9-13(10-29)30-8-12(7-25-30)14-15(20(21,22)23)31-16(24-11-26-31)17(27-14)28-5-4-6-28/h7-8,11,13H,4-6,9-10H2,1-3H3. The Balaban J connectivity index is 1.45. The minimum atomic E-state index is -4.70. The molecule has 0 bridgehead atoms. The van der Waals surface area contributed by atoms with Crippen molar-refractivity contribution in [1.82, 2.24) is 34.3 Å². The van der Waals surface area contributed by atoms with Crippen LogP contribution in [-0.4, -0.2) is 72.1 Å². The number of amides is 1. The number of fused-ring (bicyclic) bond motifs is 1. The normalized spacial score (nSPS) is 17.3. The number of carbonyl (C=O) groups excluding carboxylic acids is 1. The summed E-state index contributed by atoms with van der Waals surface area (Å²) in [5.41, 5.74) is -1.56. The molecule has 2 aliphatic rings. The summed E-state index contributed by atoms with van der Waals surface area (Å²) in [6.07, 6.45) is -0.210. The van der Waals surface area contributed by atoms with Crippen LogP contribution in [0, 0.1) is 0 Å². The second kappa shape index (κ2) is 7.32. The second-order valence-corrected chi connectivity index (χ2v) is 9.21. The van der Waals surface area contributed by atoms with Crippen LogP contribution in [0.25, 0.3) is 16.9 Å². The summed E-state index contributed by atoms with van der Waals surface area (Å²) >= 11 is 0. The predicted molar refractivity (Wildman–Crippen MR) is 111 cm³/mol. The Morgan fingerprint density at radius 3 is 2.48 bits per heavy atom. The molecule has 2 fully saturated rings. The largest absolute Gasteiger partial charge is 0.444 e. The molecule has 5 rings (SSSR count). The lowest BCUT2D eigenvalue weighted by molar-refractivity contribution is -0.142. The van der Waals surface area contributed by atoms with E-state index in [0.29, 0.717) is 32.0 Å². The number of hydrogen-bond donors (Lipinski definition) is 0. The highest BCUT2D eigenvalue weighted by Gasteiger charge is 2.41. The predicted octanol–water partition coefficient (Wildman–Crippen LogP) is 3.01. The SMILES string of the molecule is CC(C)(C)OC(=O)N1CC(n2cc(-c3nc(N4CCC4)c4ncnn4c3C(F)(F)F)cn2)C1. The summed E-state index contributed by atoms with van der Waals surface area (Å²) < 4.78 is 49.9. The van der Waals surface area contributed by atoms with Crippen molar-refractivity contribution in [3.05, 3.63) is 24.4 Å². The van der Waals surface area contributed by atoms with Crippen LogP contribution in [-0.2, 0) is 10.9 Å². The molecular weight excluding hydrogens is 441 g/mol. The fourth-order valence-corrected chi connectivity index (χ4v) is 3.82. The number of hydrogen-bond acceptors (Lipinski definition) is 7. The van der Waals surface area contributed by atoms with Gasteiger partial charge >= 0.3 is 12.3 Å². The number of alkyl halides is 3. The molecule has 10 nitrogen and oxygen atoms in total. The number of ether oxygens (including phenoxy) is 1. The minimum Gasteiger partial charge on any atom is -0.444 e. The molecule has 0 spiro atoms. The number of likely N-dealkylation sites (tertiary alicyclic amines) is 1. The number of nitrogens with zero attached hydrogens (tertiary/aromatic N) is 8. The van der Waals surface area contributed by atoms with Gasteiger partial charge < -0.3 is 14.5 Å². The number of halogens is 3. The lowest BCUT2D eigenvalue weighted by atomic mass is 10.1. The van der Waals surface area contributed by atoms with Crippen molar-refractivity contribution in [2.24, 2.45) is 0 Å². The molecule has 0 N–H and O–H groups in total. The van der Waals surface area contributed by atoms with Crippen LogP contribution in [0.4, 0.5) is 23.8 Å². The highest BCUT2D eigenvalue weighted by atomic mass is 19.4. The summed E-state index contributed by atoms with van der Waals surface area (Å²) in [6, 6.07) is -0.162. The van der Waals surface area contributed by atoms with E-state index in [1.807, 2.05) is 4.90 Å². The first-order valence-corrected chi connectivity index (χ1v) is 10.6. The van der Waals surface area contributed by atoms with Crippen LogP contribution in [0.1, 0.15) is 38.9 Å². The lowest BCUT2D eigenvalue weighted by Gasteiger charge is -2.39. The van der Waals surface area contributed by atoms with Gasteiger partial charge in [-0.05, 0) is 27.2 Å². The maximum atomic E-state index is 14.1. The van der Waals surface area contributed by atoms with Crippen molar-refractivity contribution < 1.29 is 22.7 Å². The average Bonchev–Trinajstić information content (AvgIpc) is 3.25.